The molecule has 1 aliphatic heterocycles. The Kier molecular flexibility index (Phi) is 5.01. The molecule has 0 unspecified atom stereocenters. The van der Waals surface area contributed by atoms with Crippen LogP contribution in [-0.4, -0.2) is 31.3 Å². The largest absolute Gasteiger partial charge is 0.481 e. The first kappa shape index (κ1) is 14.9. The van der Waals surface area contributed by atoms with Gasteiger partial charge in [-0.05, 0) is 56.9 Å². The SMILES string of the molecule is Cc1ccc(O[C@@H](C)C(=O)NC[C@@H]2CCCO2)cc1C. The Balaban J connectivity index is 1.81. The van der Waals surface area contributed by atoms with Crippen LogP contribution in [0.3, 0.4) is 0 Å². The topological polar surface area (TPSA) is 47.6 Å². The van der Waals surface area contributed by atoms with Gasteiger partial charge in [0.15, 0.2) is 6.10 Å². The van der Waals surface area contributed by atoms with Crippen molar-refractivity contribution in [1.29, 1.82) is 0 Å². The van der Waals surface area contributed by atoms with Gasteiger partial charge in [-0.2, -0.15) is 0 Å². The highest BCUT2D eigenvalue weighted by atomic mass is 16.5. The third-order valence-electron chi connectivity index (χ3n) is 3.69. The number of carbonyl (C=O) groups excluding carboxylic acids is 1. The van der Waals surface area contributed by atoms with Gasteiger partial charge in [-0.15, -0.1) is 0 Å². The molecule has 2 rings (SSSR count). The van der Waals surface area contributed by atoms with Crippen LogP contribution in [0.1, 0.15) is 30.9 Å². The van der Waals surface area contributed by atoms with Crippen molar-refractivity contribution in [2.24, 2.45) is 0 Å². The molecule has 20 heavy (non-hydrogen) atoms. The monoisotopic (exact) mass is 277 g/mol. The van der Waals surface area contributed by atoms with Gasteiger partial charge in [0.1, 0.15) is 5.75 Å². The zero-order valence-electron chi connectivity index (χ0n) is 12.4. The molecule has 1 N–H and O–H groups in total. The van der Waals surface area contributed by atoms with Gasteiger partial charge in [0, 0.05) is 13.2 Å². The maximum absolute atomic E-state index is 12.0. The van der Waals surface area contributed by atoms with Crippen molar-refractivity contribution in [3.05, 3.63) is 29.3 Å². The number of ether oxygens (including phenoxy) is 2. The van der Waals surface area contributed by atoms with E-state index in [1.54, 1.807) is 6.92 Å². The second-order valence-electron chi connectivity index (χ2n) is 5.39. The van der Waals surface area contributed by atoms with E-state index >= 15 is 0 Å². The lowest BCUT2D eigenvalue weighted by Crippen LogP contribution is -2.40. The summed E-state index contributed by atoms with van der Waals surface area (Å²) in [7, 11) is 0. The van der Waals surface area contributed by atoms with E-state index in [4.69, 9.17) is 9.47 Å². The second kappa shape index (κ2) is 6.75. The van der Waals surface area contributed by atoms with E-state index in [9.17, 15) is 4.79 Å². The van der Waals surface area contributed by atoms with E-state index in [0.29, 0.717) is 6.54 Å². The average Bonchev–Trinajstić information content (AvgIpc) is 2.93. The number of rotatable bonds is 5. The molecule has 1 fully saturated rings. The lowest BCUT2D eigenvalue weighted by molar-refractivity contribution is -0.127. The fourth-order valence-electron chi connectivity index (χ4n) is 2.21. The van der Waals surface area contributed by atoms with Crippen LogP contribution in [0.5, 0.6) is 5.75 Å². The van der Waals surface area contributed by atoms with Crippen molar-refractivity contribution in [2.75, 3.05) is 13.2 Å². The second-order valence-corrected chi connectivity index (χ2v) is 5.39. The fraction of sp³-hybridized carbons (Fsp3) is 0.562. The van der Waals surface area contributed by atoms with E-state index in [-0.39, 0.29) is 12.0 Å². The van der Waals surface area contributed by atoms with Crippen molar-refractivity contribution >= 4 is 5.91 Å². The summed E-state index contributed by atoms with van der Waals surface area (Å²) >= 11 is 0. The van der Waals surface area contributed by atoms with Crippen LogP contribution in [0, 0.1) is 13.8 Å². The minimum Gasteiger partial charge on any atom is -0.481 e. The Morgan fingerprint density at radius 1 is 1.45 bits per heavy atom. The molecule has 110 valence electrons. The molecule has 1 aliphatic rings. The molecule has 0 saturated carbocycles. The molecule has 4 heteroatoms. The summed E-state index contributed by atoms with van der Waals surface area (Å²) in [6.07, 6.45) is 1.76. The van der Waals surface area contributed by atoms with Gasteiger partial charge in [0.2, 0.25) is 0 Å². The van der Waals surface area contributed by atoms with Crippen LogP contribution in [0.4, 0.5) is 0 Å². The van der Waals surface area contributed by atoms with Gasteiger partial charge in [-0.25, -0.2) is 0 Å². The number of hydrogen-bond donors (Lipinski definition) is 1. The molecular weight excluding hydrogens is 254 g/mol. The summed E-state index contributed by atoms with van der Waals surface area (Å²) in [5.41, 5.74) is 2.38. The number of carbonyl (C=O) groups is 1. The average molecular weight is 277 g/mol. The summed E-state index contributed by atoms with van der Waals surface area (Å²) in [4.78, 5) is 12.0. The molecule has 1 heterocycles. The molecule has 4 nitrogen and oxygen atoms in total. The van der Waals surface area contributed by atoms with Gasteiger partial charge < -0.3 is 14.8 Å². The number of benzene rings is 1. The molecule has 0 spiro atoms. The Morgan fingerprint density at radius 2 is 2.25 bits per heavy atom. The Bertz CT molecular complexity index is 467. The van der Waals surface area contributed by atoms with E-state index in [0.717, 1.165) is 30.8 Å². The summed E-state index contributed by atoms with van der Waals surface area (Å²) in [5.74, 6) is 0.631. The molecule has 2 atom stereocenters. The molecule has 0 aromatic heterocycles. The summed E-state index contributed by atoms with van der Waals surface area (Å²) < 4.78 is 11.1. The van der Waals surface area contributed by atoms with E-state index in [1.807, 2.05) is 25.1 Å². The molecular formula is C16H23NO3. The molecule has 1 aromatic rings. The van der Waals surface area contributed by atoms with Crippen LogP contribution in [0.25, 0.3) is 0 Å². The summed E-state index contributed by atoms with van der Waals surface area (Å²) in [6.45, 7) is 7.22. The van der Waals surface area contributed by atoms with Gasteiger partial charge in [0.25, 0.3) is 5.91 Å². The normalized spacial score (nSPS) is 19.6. The molecule has 0 radical (unpaired) electrons. The summed E-state index contributed by atoms with van der Waals surface area (Å²) in [5, 5.41) is 2.88. The van der Waals surface area contributed by atoms with Crippen LogP contribution in [-0.2, 0) is 9.53 Å². The minimum absolute atomic E-state index is 0.0984. The molecule has 0 aliphatic carbocycles. The summed E-state index contributed by atoms with van der Waals surface area (Å²) in [6, 6.07) is 5.85. The van der Waals surface area contributed by atoms with E-state index in [1.165, 1.54) is 5.56 Å². The van der Waals surface area contributed by atoms with Gasteiger partial charge in [0.05, 0.1) is 6.10 Å². The predicted molar refractivity (Wildman–Crippen MR) is 78.0 cm³/mol. The van der Waals surface area contributed by atoms with Crippen molar-refractivity contribution in [2.45, 2.75) is 45.8 Å². The lowest BCUT2D eigenvalue weighted by Gasteiger charge is -2.17. The van der Waals surface area contributed by atoms with Gasteiger partial charge >= 0.3 is 0 Å². The van der Waals surface area contributed by atoms with Crippen LogP contribution in [0.2, 0.25) is 0 Å². The van der Waals surface area contributed by atoms with Crippen LogP contribution >= 0.6 is 0 Å². The smallest absolute Gasteiger partial charge is 0.260 e. The van der Waals surface area contributed by atoms with Crippen molar-refractivity contribution in [3.8, 4) is 5.75 Å². The van der Waals surface area contributed by atoms with Crippen LogP contribution in [0.15, 0.2) is 18.2 Å². The van der Waals surface area contributed by atoms with Crippen molar-refractivity contribution < 1.29 is 14.3 Å². The van der Waals surface area contributed by atoms with Gasteiger partial charge in [-0.3, -0.25) is 4.79 Å². The highest BCUT2D eigenvalue weighted by Gasteiger charge is 2.19. The number of aryl methyl sites for hydroxylation is 2. The lowest BCUT2D eigenvalue weighted by atomic mass is 10.1. The number of nitrogens with one attached hydrogen (secondary N) is 1. The van der Waals surface area contributed by atoms with E-state index < -0.39 is 6.10 Å². The molecule has 1 aromatic carbocycles. The van der Waals surface area contributed by atoms with Crippen molar-refractivity contribution in [1.82, 2.24) is 5.32 Å². The third-order valence-corrected chi connectivity index (χ3v) is 3.69. The third kappa shape index (κ3) is 3.97. The Hall–Kier alpha value is -1.55. The van der Waals surface area contributed by atoms with E-state index in [2.05, 4.69) is 12.2 Å². The molecule has 1 saturated heterocycles. The first-order valence-electron chi connectivity index (χ1n) is 7.19. The number of amides is 1. The first-order chi connectivity index (χ1) is 9.56. The van der Waals surface area contributed by atoms with Gasteiger partial charge in [-0.1, -0.05) is 6.07 Å². The quantitative estimate of drug-likeness (QED) is 0.899. The fourth-order valence-corrected chi connectivity index (χ4v) is 2.21. The van der Waals surface area contributed by atoms with Crippen LogP contribution < -0.4 is 10.1 Å². The maximum atomic E-state index is 12.0. The number of hydrogen-bond acceptors (Lipinski definition) is 3. The maximum Gasteiger partial charge on any atom is 0.260 e. The molecule has 1 amide bonds. The highest BCUT2D eigenvalue weighted by Crippen LogP contribution is 2.17. The van der Waals surface area contributed by atoms with Crippen molar-refractivity contribution in [3.63, 3.8) is 0 Å². The minimum atomic E-state index is -0.501. The zero-order valence-corrected chi connectivity index (χ0v) is 12.4. The zero-order chi connectivity index (χ0) is 14.5. The Morgan fingerprint density at radius 3 is 2.90 bits per heavy atom. The predicted octanol–water partition coefficient (Wildman–Crippen LogP) is 2.37. The standard InChI is InChI=1S/C16H23NO3/c1-11-6-7-14(9-12(11)2)20-13(3)16(18)17-10-15-5-4-8-19-15/h6-7,9,13,15H,4-5,8,10H2,1-3H3,(H,17,18)/t13-,15-/m0/s1. The Labute approximate surface area is 120 Å². The highest BCUT2D eigenvalue weighted by molar-refractivity contribution is 5.80. The first-order valence-corrected chi connectivity index (χ1v) is 7.19. The molecule has 0 bridgehead atoms.